The van der Waals surface area contributed by atoms with Crippen LogP contribution in [0.5, 0.6) is 5.88 Å². The summed E-state index contributed by atoms with van der Waals surface area (Å²) in [6.45, 7) is -0.676. The van der Waals surface area contributed by atoms with E-state index in [-0.39, 0.29) is 11.3 Å². The van der Waals surface area contributed by atoms with Crippen LogP contribution < -0.4 is 9.64 Å². The molecule has 1 unspecified atom stereocenters. The van der Waals surface area contributed by atoms with Crippen molar-refractivity contribution in [3.8, 4) is 5.88 Å². The zero-order valence-corrected chi connectivity index (χ0v) is 11.9. The molecule has 3 rings (SSSR count). The lowest BCUT2D eigenvalue weighted by atomic mass is 10.3. The number of halogens is 2. The topological polar surface area (TPSA) is 59.0 Å². The molecule has 0 saturated heterocycles. The summed E-state index contributed by atoms with van der Waals surface area (Å²) in [4.78, 5) is 1.92. The minimum atomic E-state index is -2.53. The third-order valence-corrected chi connectivity index (χ3v) is 3.92. The van der Waals surface area contributed by atoms with E-state index in [9.17, 15) is 8.78 Å². The lowest BCUT2D eigenvalue weighted by molar-refractivity contribution is 0.0795. The van der Waals surface area contributed by atoms with Gasteiger partial charge in [0, 0.05) is 25.0 Å². The van der Waals surface area contributed by atoms with Gasteiger partial charge >= 0.3 is 0 Å². The second-order valence-electron chi connectivity index (χ2n) is 4.41. The number of anilines is 1. The van der Waals surface area contributed by atoms with Crippen LogP contribution in [0.3, 0.4) is 0 Å². The number of aromatic amines is 1. The Hall–Kier alpha value is -2.03. The van der Waals surface area contributed by atoms with Crippen LogP contribution in [0.1, 0.15) is 10.9 Å². The highest BCUT2D eigenvalue weighted by molar-refractivity contribution is 8.02. The van der Waals surface area contributed by atoms with Crippen molar-refractivity contribution in [1.29, 1.82) is 0 Å². The van der Waals surface area contributed by atoms with Crippen LogP contribution >= 0.6 is 11.8 Å². The Labute approximate surface area is 123 Å². The van der Waals surface area contributed by atoms with E-state index in [1.807, 2.05) is 16.5 Å². The van der Waals surface area contributed by atoms with Crippen LogP contribution in [0, 0.1) is 0 Å². The fourth-order valence-corrected chi connectivity index (χ4v) is 2.99. The van der Waals surface area contributed by atoms with Crippen LogP contribution in [-0.2, 0) is 7.05 Å². The molecule has 0 spiro atoms. The van der Waals surface area contributed by atoms with E-state index in [0.29, 0.717) is 5.69 Å². The van der Waals surface area contributed by atoms with E-state index in [1.165, 1.54) is 0 Å². The van der Waals surface area contributed by atoms with Gasteiger partial charge in [-0.15, -0.1) is 16.9 Å². The lowest BCUT2D eigenvalue weighted by Gasteiger charge is -2.23. The number of aryl methyl sites for hydroxylation is 1. The SMILES string of the molecule is Cn1cc(N2C=CSC2c2cn[nH]c2)c(OCC(F)F)n1. The Bertz CT molecular complexity index is 628. The molecule has 112 valence electrons. The maximum Gasteiger partial charge on any atom is 0.272 e. The number of hydrogen-bond donors (Lipinski definition) is 1. The predicted octanol–water partition coefficient (Wildman–Crippen LogP) is 2.51. The molecular weight excluding hydrogens is 300 g/mol. The molecule has 1 N–H and O–H groups in total. The zero-order chi connectivity index (χ0) is 14.8. The number of aromatic nitrogens is 4. The number of hydrogen-bond acceptors (Lipinski definition) is 5. The highest BCUT2D eigenvalue weighted by Gasteiger charge is 2.28. The van der Waals surface area contributed by atoms with Gasteiger partial charge in [0.2, 0.25) is 0 Å². The number of rotatable bonds is 5. The summed E-state index contributed by atoms with van der Waals surface area (Å²) in [7, 11) is 1.72. The Balaban J connectivity index is 1.86. The van der Waals surface area contributed by atoms with Crippen molar-refractivity contribution < 1.29 is 13.5 Å². The molecule has 21 heavy (non-hydrogen) atoms. The predicted molar refractivity (Wildman–Crippen MR) is 75.2 cm³/mol. The van der Waals surface area contributed by atoms with Crippen LogP contribution in [0.4, 0.5) is 14.5 Å². The van der Waals surface area contributed by atoms with Crippen molar-refractivity contribution >= 4 is 17.4 Å². The second kappa shape index (κ2) is 5.76. The third-order valence-electron chi connectivity index (χ3n) is 2.89. The maximum absolute atomic E-state index is 12.3. The lowest BCUT2D eigenvalue weighted by Crippen LogP contribution is -2.17. The normalized spacial score (nSPS) is 17.9. The number of nitrogens with zero attached hydrogens (tertiary/aromatic N) is 4. The van der Waals surface area contributed by atoms with E-state index in [4.69, 9.17) is 4.74 Å². The molecule has 9 heteroatoms. The van der Waals surface area contributed by atoms with Gasteiger partial charge in [-0.25, -0.2) is 8.78 Å². The summed E-state index contributed by atoms with van der Waals surface area (Å²) in [5, 5.41) is 12.7. The largest absolute Gasteiger partial charge is 0.469 e. The summed E-state index contributed by atoms with van der Waals surface area (Å²) in [5.74, 6) is 0.193. The summed E-state index contributed by atoms with van der Waals surface area (Å²) < 4.78 is 31.3. The van der Waals surface area contributed by atoms with Crippen molar-refractivity contribution in [3.05, 3.63) is 35.8 Å². The van der Waals surface area contributed by atoms with Gasteiger partial charge in [0.15, 0.2) is 6.61 Å². The van der Waals surface area contributed by atoms with Crippen LogP contribution in [0.25, 0.3) is 0 Å². The molecule has 0 amide bonds. The molecule has 0 bridgehead atoms. The second-order valence-corrected chi connectivity index (χ2v) is 5.40. The molecule has 0 aliphatic carbocycles. The fraction of sp³-hybridized carbons (Fsp3) is 0.333. The Morgan fingerprint density at radius 1 is 1.52 bits per heavy atom. The Morgan fingerprint density at radius 2 is 2.38 bits per heavy atom. The number of H-pyrrole nitrogens is 1. The molecule has 1 aliphatic heterocycles. The molecule has 2 aromatic heterocycles. The van der Waals surface area contributed by atoms with Crippen LogP contribution in [-0.4, -0.2) is 33.0 Å². The van der Waals surface area contributed by atoms with Gasteiger partial charge in [-0.05, 0) is 5.41 Å². The summed E-state index contributed by atoms with van der Waals surface area (Å²) >= 11 is 1.59. The first-order valence-electron chi connectivity index (χ1n) is 6.19. The average Bonchev–Trinajstić information content (AvgIpc) is 3.15. The molecule has 2 aromatic rings. The van der Waals surface area contributed by atoms with E-state index in [2.05, 4.69) is 15.3 Å². The van der Waals surface area contributed by atoms with Crippen molar-refractivity contribution in [2.24, 2.45) is 7.05 Å². The van der Waals surface area contributed by atoms with Crippen molar-refractivity contribution in [1.82, 2.24) is 20.0 Å². The van der Waals surface area contributed by atoms with Crippen molar-refractivity contribution in [3.63, 3.8) is 0 Å². The van der Waals surface area contributed by atoms with E-state index in [0.717, 1.165) is 5.56 Å². The number of thioether (sulfide) groups is 1. The van der Waals surface area contributed by atoms with E-state index >= 15 is 0 Å². The molecule has 0 saturated carbocycles. The first kappa shape index (κ1) is 13.9. The molecular formula is C12H13F2N5OS. The van der Waals surface area contributed by atoms with Gasteiger partial charge in [0.1, 0.15) is 11.1 Å². The zero-order valence-electron chi connectivity index (χ0n) is 11.1. The fourth-order valence-electron chi connectivity index (χ4n) is 2.04. The molecule has 0 radical (unpaired) electrons. The van der Waals surface area contributed by atoms with Gasteiger partial charge in [0.25, 0.3) is 12.3 Å². The number of alkyl halides is 2. The van der Waals surface area contributed by atoms with Gasteiger partial charge in [-0.2, -0.15) is 5.10 Å². The molecule has 0 fully saturated rings. The van der Waals surface area contributed by atoms with Crippen LogP contribution in [0.2, 0.25) is 0 Å². The van der Waals surface area contributed by atoms with Gasteiger partial charge in [0.05, 0.1) is 12.4 Å². The maximum atomic E-state index is 12.3. The average molecular weight is 313 g/mol. The summed E-state index contributed by atoms with van der Waals surface area (Å²) in [6, 6.07) is 0. The van der Waals surface area contributed by atoms with Crippen molar-refractivity contribution in [2.75, 3.05) is 11.5 Å². The Kier molecular flexibility index (Phi) is 3.82. The molecule has 6 nitrogen and oxygen atoms in total. The highest BCUT2D eigenvalue weighted by Crippen LogP contribution is 2.44. The smallest absolute Gasteiger partial charge is 0.272 e. The van der Waals surface area contributed by atoms with Crippen molar-refractivity contribution in [2.45, 2.75) is 11.8 Å². The summed E-state index contributed by atoms with van der Waals surface area (Å²) in [6.07, 6.45) is 4.60. The number of nitrogens with one attached hydrogen (secondary N) is 1. The summed E-state index contributed by atoms with van der Waals surface area (Å²) in [5.41, 5.74) is 1.62. The Morgan fingerprint density at radius 3 is 3.10 bits per heavy atom. The van der Waals surface area contributed by atoms with Crippen LogP contribution in [0.15, 0.2) is 30.2 Å². The van der Waals surface area contributed by atoms with Gasteiger partial charge in [-0.1, -0.05) is 0 Å². The quantitative estimate of drug-likeness (QED) is 0.919. The van der Waals surface area contributed by atoms with E-state index < -0.39 is 13.0 Å². The van der Waals surface area contributed by atoms with Gasteiger partial charge in [-0.3, -0.25) is 9.78 Å². The molecule has 1 aliphatic rings. The molecule has 0 aromatic carbocycles. The highest BCUT2D eigenvalue weighted by atomic mass is 32.2. The van der Waals surface area contributed by atoms with Gasteiger partial charge < -0.3 is 9.64 Å². The minimum absolute atomic E-state index is 0.0261. The first-order valence-corrected chi connectivity index (χ1v) is 7.13. The van der Waals surface area contributed by atoms with E-state index in [1.54, 1.807) is 42.1 Å². The number of ether oxygens (including phenoxy) is 1. The standard InChI is InChI=1S/C12H13F2N5OS/c1-18-6-9(11(17-18)20-7-10(13)14)19-2-3-21-12(19)8-4-15-16-5-8/h2-6,10,12H,7H2,1H3,(H,15,16). The molecule has 1 atom stereocenters. The minimum Gasteiger partial charge on any atom is -0.469 e. The molecule has 3 heterocycles. The first-order chi connectivity index (χ1) is 10.1. The third kappa shape index (κ3) is 2.87. The monoisotopic (exact) mass is 313 g/mol.